The average Bonchev–Trinajstić information content (AvgIpc) is 3.55. The maximum Gasteiger partial charge on any atom is 0.287 e. The van der Waals surface area contributed by atoms with Gasteiger partial charge in [-0.2, -0.15) is 5.26 Å². The number of amides is 1. The molecule has 37 heavy (non-hydrogen) atoms. The molecule has 2 aliphatic rings. The Morgan fingerprint density at radius 1 is 1.00 bits per heavy atom. The average molecular weight is 507 g/mol. The Kier molecular flexibility index (Phi) is 6.59. The number of Topliss-reactive ketones (excluding diaryl/α,β-unsaturated/α-hetero) is 1. The zero-order valence-electron chi connectivity index (χ0n) is 20.3. The molecular weight excluding hydrogens is 478 g/mol. The van der Waals surface area contributed by atoms with Gasteiger partial charge in [-0.15, -0.1) is 0 Å². The lowest BCUT2D eigenvalue weighted by atomic mass is 9.75. The number of furan rings is 1. The molecule has 5 rings (SSSR count). The van der Waals surface area contributed by atoms with Gasteiger partial charge in [-0.25, -0.2) is 8.78 Å². The summed E-state index contributed by atoms with van der Waals surface area (Å²) in [6.45, 7) is 0. The van der Waals surface area contributed by atoms with Gasteiger partial charge in [0.15, 0.2) is 11.5 Å². The van der Waals surface area contributed by atoms with E-state index < -0.39 is 29.4 Å². The first-order valence-corrected chi connectivity index (χ1v) is 12.6. The van der Waals surface area contributed by atoms with Crippen molar-refractivity contribution in [2.45, 2.75) is 69.4 Å². The van der Waals surface area contributed by atoms with Crippen LogP contribution in [-0.4, -0.2) is 28.8 Å². The van der Waals surface area contributed by atoms with Gasteiger partial charge in [0.2, 0.25) is 0 Å². The molecule has 0 saturated heterocycles. The molecular formula is C29H28F2N2O4. The Morgan fingerprint density at radius 2 is 1.68 bits per heavy atom. The van der Waals surface area contributed by atoms with E-state index in [1.165, 1.54) is 12.1 Å². The number of rotatable bonds is 8. The highest BCUT2D eigenvalue weighted by molar-refractivity contribution is 6.01. The molecule has 1 aromatic heterocycles. The fraction of sp³-hybridized carbons (Fsp3) is 0.414. The summed E-state index contributed by atoms with van der Waals surface area (Å²) < 4.78 is 31.4. The molecule has 1 heterocycles. The highest BCUT2D eigenvalue weighted by Crippen LogP contribution is 2.49. The van der Waals surface area contributed by atoms with Crippen LogP contribution in [-0.2, 0) is 4.79 Å². The molecule has 2 saturated carbocycles. The standard InChI is InChI=1S/C29H28F2N2O4/c30-26(31)25(35)19-6-4-18(5-7-19)20-8-9-21-15-23(37-22(21)14-20)27(36)33-29(10-2-1-3-11-29)24(34)16-28(17-32)12-13-28/h4-9,14-15,25-26,35H,1-3,10-13,16H2,(H,33,36). The smallest absolute Gasteiger partial charge is 0.287 e. The molecule has 0 aliphatic heterocycles. The van der Waals surface area contributed by atoms with E-state index >= 15 is 0 Å². The minimum atomic E-state index is -2.86. The van der Waals surface area contributed by atoms with Crippen LogP contribution in [0.15, 0.2) is 52.9 Å². The Labute approximate surface area is 213 Å². The van der Waals surface area contributed by atoms with E-state index in [9.17, 15) is 28.7 Å². The lowest BCUT2D eigenvalue weighted by molar-refractivity contribution is -0.127. The Bertz CT molecular complexity index is 1360. The van der Waals surface area contributed by atoms with Crippen LogP contribution >= 0.6 is 0 Å². The number of nitriles is 1. The van der Waals surface area contributed by atoms with Crippen LogP contribution in [0, 0.1) is 16.7 Å². The Balaban J connectivity index is 1.36. The summed E-state index contributed by atoms with van der Waals surface area (Å²) in [7, 11) is 0. The highest BCUT2D eigenvalue weighted by atomic mass is 19.3. The first kappa shape index (κ1) is 25.1. The van der Waals surface area contributed by atoms with Crippen LogP contribution in [0.3, 0.4) is 0 Å². The predicted molar refractivity (Wildman–Crippen MR) is 133 cm³/mol. The first-order chi connectivity index (χ1) is 17.7. The van der Waals surface area contributed by atoms with Gasteiger partial charge in [-0.05, 0) is 54.5 Å². The third kappa shape index (κ3) is 5.01. The minimum Gasteiger partial charge on any atom is -0.451 e. The van der Waals surface area contributed by atoms with Crippen molar-refractivity contribution in [2.75, 3.05) is 0 Å². The van der Waals surface area contributed by atoms with Gasteiger partial charge in [0.05, 0.1) is 17.0 Å². The van der Waals surface area contributed by atoms with Crippen LogP contribution in [0.2, 0.25) is 0 Å². The summed E-state index contributed by atoms with van der Waals surface area (Å²) >= 11 is 0. The molecule has 0 radical (unpaired) electrons. The third-order valence-electron chi connectivity index (χ3n) is 7.75. The molecule has 2 N–H and O–H groups in total. The van der Waals surface area contributed by atoms with E-state index in [4.69, 9.17) is 4.42 Å². The largest absolute Gasteiger partial charge is 0.451 e. The number of aliphatic hydroxyl groups excluding tert-OH is 1. The van der Waals surface area contributed by atoms with Crippen LogP contribution < -0.4 is 5.32 Å². The molecule has 1 unspecified atom stereocenters. The normalized spacial score (nSPS) is 18.8. The van der Waals surface area contributed by atoms with Crippen molar-refractivity contribution in [3.05, 3.63) is 59.9 Å². The molecule has 2 fully saturated rings. The minimum absolute atomic E-state index is 0.0709. The lowest BCUT2D eigenvalue weighted by Gasteiger charge is -2.37. The van der Waals surface area contributed by atoms with Crippen LogP contribution in [0.25, 0.3) is 22.1 Å². The molecule has 8 heteroatoms. The maximum absolute atomic E-state index is 13.3. The fourth-order valence-corrected chi connectivity index (χ4v) is 5.20. The first-order valence-electron chi connectivity index (χ1n) is 12.6. The fourth-order valence-electron chi connectivity index (χ4n) is 5.20. The van der Waals surface area contributed by atoms with E-state index in [0.29, 0.717) is 23.8 Å². The second-order valence-corrected chi connectivity index (χ2v) is 10.4. The second-order valence-electron chi connectivity index (χ2n) is 10.4. The monoisotopic (exact) mass is 506 g/mol. The molecule has 1 atom stereocenters. The Hall–Kier alpha value is -3.57. The third-order valence-corrected chi connectivity index (χ3v) is 7.75. The number of fused-ring (bicyclic) bond motifs is 1. The molecule has 3 aromatic rings. The van der Waals surface area contributed by atoms with Crippen LogP contribution in [0.5, 0.6) is 0 Å². The van der Waals surface area contributed by atoms with Gasteiger partial charge >= 0.3 is 0 Å². The summed E-state index contributed by atoms with van der Waals surface area (Å²) in [6.07, 6.45) is 0.700. The van der Waals surface area contributed by atoms with Gasteiger partial charge in [0.25, 0.3) is 12.3 Å². The summed E-state index contributed by atoms with van der Waals surface area (Å²) in [6, 6.07) is 15.5. The molecule has 2 aliphatic carbocycles. The lowest BCUT2D eigenvalue weighted by Crippen LogP contribution is -2.56. The number of hydrogen-bond acceptors (Lipinski definition) is 5. The summed E-state index contributed by atoms with van der Waals surface area (Å²) in [4.78, 5) is 26.6. The van der Waals surface area contributed by atoms with Gasteiger partial charge in [0.1, 0.15) is 11.7 Å². The zero-order valence-corrected chi connectivity index (χ0v) is 20.3. The molecule has 6 nitrogen and oxygen atoms in total. The zero-order chi connectivity index (χ0) is 26.2. The van der Waals surface area contributed by atoms with E-state index in [-0.39, 0.29) is 23.5 Å². The van der Waals surface area contributed by atoms with Crippen LogP contribution in [0.4, 0.5) is 8.78 Å². The van der Waals surface area contributed by atoms with Gasteiger partial charge in [-0.3, -0.25) is 9.59 Å². The molecule has 2 aromatic carbocycles. The molecule has 1 amide bonds. The van der Waals surface area contributed by atoms with Crippen molar-refractivity contribution in [1.82, 2.24) is 5.32 Å². The number of aliphatic hydroxyl groups is 1. The van der Waals surface area contributed by atoms with Crippen molar-refractivity contribution < 1.29 is 27.9 Å². The topological polar surface area (TPSA) is 103 Å². The number of benzene rings is 2. The van der Waals surface area contributed by atoms with E-state index in [1.54, 1.807) is 30.3 Å². The predicted octanol–water partition coefficient (Wildman–Crippen LogP) is 6.09. The molecule has 192 valence electrons. The summed E-state index contributed by atoms with van der Waals surface area (Å²) in [5, 5.41) is 22.7. The SMILES string of the molecule is N#CC1(CC(=O)C2(NC(=O)c3cc4ccc(-c5ccc(C(O)C(F)F)cc5)cc4o3)CCCCC2)CC1. The number of hydrogen-bond donors (Lipinski definition) is 2. The number of nitrogens with zero attached hydrogens (tertiary/aromatic N) is 1. The maximum atomic E-state index is 13.3. The van der Waals surface area contributed by atoms with Crippen molar-refractivity contribution in [2.24, 2.45) is 5.41 Å². The van der Waals surface area contributed by atoms with Gasteiger partial charge in [0, 0.05) is 11.8 Å². The van der Waals surface area contributed by atoms with Crippen molar-refractivity contribution in [1.29, 1.82) is 5.26 Å². The summed E-state index contributed by atoms with van der Waals surface area (Å²) in [5.74, 6) is -0.430. The number of carbonyl (C=O) groups excluding carboxylic acids is 2. The number of alkyl halides is 2. The number of halogens is 2. The van der Waals surface area contributed by atoms with Crippen molar-refractivity contribution in [3.63, 3.8) is 0 Å². The number of carbonyl (C=O) groups is 2. The summed E-state index contributed by atoms with van der Waals surface area (Å²) in [5.41, 5.74) is 0.564. The molecule has 0 spiro atoms. The number of nitrogens with one attached hydrogen (secondary N) is 1. The Morgan fingerprint density at radius 3 is 2.30 bits per heavy atom. The van der Waals surface area contributed by atoms with Crippen LogP contribution in [0.1, 0.15) is 73.6 Å². The quantitative estimate of drug-likeness (QED) is 0.385. The second kappa shape index (κ2) is 9.71. The van der Waals surface area contributed by atoms with E-state index in [2.05, 4.69) is 11.4 Å². The van der Waals surface area contributed by atoms with E-state index in [1.807, 2.05) is 6.07 Å². The van der Waals surface area contributed by atoms with Gasteiger partial charge in [-0.1, -0.05) is 55.7 Å². The number of ketones is 1. The van der Waals surface area contributed by atoms with Gasteiger partial charge < -0.3 is 14.8 Å². The van der Waals surface area contributed by atoms with Crippen molar-refractivity contribution in [3.8, 4) is 17.2 Å². The van der Waals surface area contributed by atoms with E-state index in [0.717, 1.165) is 43.2 Å². The molecule has 0 bridgehead atoms. The highest BCUT2D eigenvalue weighted by Gasteiger charge is 2.50. The van der Waals surface area contributed by atoms with Crippen molar-refractivity contribution >= 4 is 22.7 Å².